The molecule has 0 unspecified atom stereocenters. The molecule has 10 heteroatoms. The second-order valence-electron chi connectivity index (χ2n) is 10.5. The van der Waals surface area contributed by atoms with E-state index in [0.29, 0.717) is 51.6 Å². The summed E-state index contributed by atoms with van der Waals surface area (Å²) in [5.74, 6) is -1.44. The van der Waals surface area contributed by atoms with E-state index in [1.54, 1.807) is 17.1 Å². The van der Waals surface area contributed by atoms with Crippen molar-refractivity contribution < 1.29 is 33.8 Å². The summed E-state index contributed by atoms with van der Waals surface area (Å²) in [5.41, 5.74) is 0.898. The van der Waals surface area contributed by atoms with Crippen molar-refractivity contribution in [3.05, 3.63) is 61.2 Å². The number of amides is 3. The normalized spacial score (nSPS) is 15.7. The third-order valence-corrected chi connectivity index (χ3v) is 7.19. The molecule has 3 amide bonds. The van der Waals surface area contributed by atoms with Gasteiger partial charge in [-0.15, -0.1) is 13.2 Å². The lowest BCUT2D eigenvalue weighted by atomic mass is 9.98. The van der Waals surface area contributed by atoms with Crippen LogP contribution in [0.2, 0.25) is 0 Å². The highest BCUT2D eigenvalue weighted by Gasteiger charge is 2.31. The van der Waals surface area contributed by atoms with Gasteiger partial charge in [-0.05, 0) is 56.9 Å². The Bertz CT molecular complexity index is 1000. The van der Waals surface area contributed by atoms with Gasteiger partial charge in [0.2, 0.25) is 11.8 Å². The second kappa shape index (κ2) is 20.3. The molecule has 1 aromatic rings. The minimum atomic E-state index is -0.623. The molecule has 1 aliphatic heterocycles. The zero-order valence-electron chi connectivity index (χ0n) is 24.6. The molecule has 0 aromatic heterocycles. The number of hydrogen-bond acceptors (Lipinski definition) is 7. The molecule has 3 atom stereocenters. The van der Waals surface area contributed by atoms with Crippen LogP contribution >= 0.6 is 0 Å². The number of carbonyl (C=O) groups excluding carboxylic acids is 4. The van der Waals surface area contributed by atoms with Crippen molar-refractivity contribution in [2.45, 2.75) is 82.9 Å². The first-order valence-electron chi connectivity index (χ1n) is 14.9. The molecule has 0 bridgehead atoms. The van der Waals surface area contributed by atoms with E-state index in [9.17, 15) is 24.3 Å². The van der Waals surface area contributed by atoms with Crippen molar-refractivity contribution in [3.63, 3.8) is 0 Å². The molecular weight excluding hydrogens is 538 g/mol. The number of benzene rings is 1. The van der Waals surface area contributed by atoms with E-state index in [4.69, 9.17) is 9.47 Å². The molecule has 0 spiro atoms. The van der Waals surface area contributed by atoms with Gasteiger partial charge in [-0.1, -0.05) is 42.5 Å². The minimum Gasteiger partial charge on any atom is -0.463 e. The number of aliphatic hydroxyl groups excluding tert-OH is 1. The number of nitrogens with one attached hydrogen (secondary N) is 2. The van der Waals surface area contributed by atoms with Gasteiger partial charge < -0.3 is 30.1 Å². The fourth-order valence-corrected chi connectivity index (χ4v) is 4.82. The maximum atomic E-state index is 13.3. The van der Waals surface area contributed by atoms with Crippen LogP contribution in [0.4, 0.5) is 4.79 Å². The van der Waals surface area contributed by atoms with Crippen LogP contribution in [0, 0.1) is 5.92 Å². The summed E-state index contributed by atoms with van der Waals surface area (Å²) in [6, 6.07) is 8.74. The standard InChI is InChI=1S/C32H47N3O7/c1-3-5-7-18-30(38)41-24-27(16-10-11-19-33-32(40)42-23-25-14-8-6-9-15-25)34-31(39)26(13-4-2)21-29(37)35-20-12-17-28(35)22-36/h3-4,6,8-9,14-15,26-28,36H,1-2,5,7,10-13,16-24H2,(H,33,40)(H,34,39)/t26-,27+,28+/m1/s1. The summed E-state index contributed by atoms with van der Waals surface area (Å²) in [7, 11) is 0. The van der Waals surface area contributed by atoms with Gasteiger partial charge >= 0.3 is 12.1 Å². The number of rotatable bonds is 20. The van der Waals surface area contributed by atoms with Crippen LogP contribution in [0.5, 0.6) is 0 Å². The molecule has 1 saturated heterocycles. The van der Waals surface area contributed by atoms with Crippen molar-refractivity contribution in [3.8, 4) is 0 Å². The third kappa shape index (κ3) is 13.3. The van der Waals surface area contributed by atoms with Gasteiger partial charge in [0, 0.05) is 25.9 Å². The average molecular weight is 586 g/mol. The lowest BCUT2D eigenvalue weighted by molar-refractivity contribution is -0.145. The Balaban J connectivity index is 1.87. The molecule has 42 heavy (non-hydrogen) atoms. The maximum absolute atomic E-state index is 13.3. The Morgan fingerprint density at radius 3 is 2.57 bits per heavy atom. The fourth-order valence-electron chi connectivity index (χ4n) is 4.82. The smallest absolute Gasteiger partial charge is 0.407 e. The molecule has 1 heterocycles. The number of likely N-dealkylation sites (tertiary alicyclic amines) is 1. The summed E-state index contributed by atoms with van der Waals surface area (Å²) in [6.45, 7) is 8.47. The van der Waals surface area contributed by atoms with Gasteiger partial charge in [0.05, 0.1) is 24.6 Å². The molecule has 3 N–H and O–H groups in total. The second-order valence-corrected chi connectivity index (χ2v) is 10.5. The van der Waals surface area contributed by atoms with Crippen LogP contribution in [0.25, 0.3) is 0 Å². The average Bonchev–Trinajstić information content (AvgIpc) is 3.48. The number of ether oxygens (including phenoxy) is 2. The molecule has 0 aliphatic carbocycles. The van der Waals surface area contributed by atoms with Crippen LogP contribution in [0.3, 0.4) is 0 Å². The third-order valence-electron chi connectivity index (χ3n) is 7.19. The predicted octanol–water partition coefficient (Wildman–Crippen LogP) is 4.03. The number of nitrogens with zero attached hydrogens (tertiary/aromatic N) is 1. The van der Waals surface area contributed by atoms with Gasteiger partial charge in [-0.25, -0.2) is 4.79 Å². The van der Waals surface area contributed by atoms with Gasteiger partial charge in [-0.3, -0.25) is 14.4 Å². The highest BCUT2D eigenvalue weighted by atomic mass is 16.5. The van der Waals surface area contributed by atoms with E-state index in [2.05, 4.69) is 23.8 Å². The summed E-state index contributed by atoms with van der Waals surface area (Å²) in [6.07, 6.45) is 8.16. The number of carbonyl (C=O) groups is 4. The van der Waals surface area contributed by atoms with E-state index in [1.165, 1.54) is 0 Å². The Kier molecular flexibility index (Phi) is 16.7. The quantitative estimate of drug-likeness (QED) is 0.119. The van der Waals surface area contributed by atoms with Gasteiger partial charge in [-0.2, -0.15) is 0 Å². The number of aliphatic hydroxyl groups is 1. The molecule has 1 aliphatic rings. The summed E-state index contributed by atoms with van der Waals surface area (Å²) >= 11 is 0. The molecule has 0 radical (unpaired) electrons. The number of hydrogen-bond donors (Lipinski definition) is 3. The Morgan fingerprint density at radius 2 is 1.86 bits per heavy atom. The van der Waals surface area contributed by atoms with Crippen LogP contribution in [-0.2, 0) is 30.5 Å². The number of alkyl carbamates (subject to hydrolysis) is 1. The molecular formula is C32H47N3O7. The maximum Gasteiger partial charge on any atom is 0.407 e. The van der Waals surface area contributed by atoms with Crippen LogP contribution < -0.4 is 10.6 Å². The van der Waals surface area contributed by atoms with Gasteiger partial charge in [0.25, 0.3) is 0 Å². The van der Waals surface area contributed by atoms with Crippen LogP contribution in [0.1, 0.15) is 69.8 Å². The largest absolute Gasteiger partial charge is 0.463 e. The molecule has 0 saturated carbocycles. The lowest BCUT2D eigenvalue weighted by Gasteiger charge is -2.26. The summed E-state index contributed by atoms with van der Waals surface area (Å²) in [5, 5.41) is 15.3. The Hall–Kier alpha value is -3.66. The highest BCUT2D eigenvalue weighted by molar-refractivity contribution is 5.86. The zero-order chi connectivity index (χ0) is 30.6. The van der Waals surface area contributed by atoms with Crippen molar-refractivity contribution in [2.75, 3.05) is 26.3 Å². The molecule has 1 fully saturated rings. The van der Waals surface area contributed by atoms with E-state index >= 15 is 0 Å². The molecule has 1 aromatic carbocycles. The van der Waals surface area contributed by atoms with Crippen molar-refractivity contribution in [2.24, 2.45) is 5.92 Å². The van der Waals surface area contributed by atoms with Crippen LogP contribution in [0.15, 0.2) is 55.6 Å². The Labute approximate surface area is 249 Å². The topological polar surface area (TPSA) is 134 Å². The van der Waals surface area contributed by atoms with E-state index < -0.39 is 18.1 Å². The van der Waals surface area contributed by atoms with Gasteiger partial charge in [0.15, 0.2) is 0 Å². The van der Waals surface area contributed by atoms with E-state index in [-0.39, 0.29) is 56.5 Å². The minimum absolute atomic E-state index is 0.0113. The first-order chi connectivity index (χ1) is 20.4. The number of esters is 1. The van der Waals surface area contributed by atoms with Crippen molar-refractivity contribution >= 4 is 23.9 Å². The lowest BCUT2D eigenvalue weighted by Crippen LogP contribution is -2.44. The fraction of sp³-hybridized carbons (Fsp3) is 0.562. The van der Waals surface area contributed by atoms with E-state index in [0.717, 1.165) is 18.4 Å². The molecule has 10 nitrogen and oxygen atoms in total. The number of unbranched alkanes of at least 4 members (excludes halogenated alkanes) is 2. The SMILES string of the molecule is C=CCCCC(=O)OC[C@H](CCCCNC(=O)OCc1ccccc1)NC(=O)[C@H](CC=C)CC(=O)N1CCC[C@H]1CO. The zero-order valence-corrected chi connectivity index (χ0v) is 24.6. The summed E-state index contributed by atoms with van der Waals surface area (Å²) < 4.78 is 10.7. The monoisotopic (exact) mass is 585 g/mol. The number of allylic oxidation sites excluding steroid dienone is 2. The first-order valence-corrected chi connectivity index (χ1v) is 14.9. The van der Waals surface area contributed by atoms with E-state index in [1.807, 2.05) is 30.3 Å². The van der Waals surface area contributed by atoms with Gasteiger partial charge in [0.1, 0.15) is 13.2 Å². The molecule has 232 valence electrons. The summed E-state index contributed by atoms with van der Waals surface area (Å²) in [4.78, 5) is 52.0. The van der Waals surface area contributed by atoms with Crippen molar-refractivity contribution in [1.82, 2.24) is 15.5 Å². The first kappa shape index (κ1) is 34.5. The molecule has 2 rings (SSSR count). The van der Waals surface area contributed by atoms with Crippen molar-refractivity contribution in [1.29, 1.82) is 0 Å². The highest BCUT2D eigenvalue weighted by Crippen LogP contribution is 2.21. The predicted molar refractivity (Wildman–Crippen MR) is 160 cm³/mol. The Morgan fingerprint density at radius 1 is 1.07 bits per heavy atom. The van der Waals surface area contributed by atoms with Crippen LogP contribution in [-0.4, -0.2) is 72.3 Å².